The number of para-hydroxylation sites is 1. The second-order valence-electron chi connectivity index (χ2n) is 4.72. The maximum absolute atomic E-state index is 11.7. The third-order valence-corrected chi connectivity index (χ3v) is 2.94. The van der Waals surface area contributed by atoms with Crippen molar-refractivity contribution in [2.45, 2.75) is 26.8 Å². The number of carbonyl (C=O) groups excluding carboxylic acids is 1. The molecule has 0 aliphatic rings. The molecule has 5 heteroatoms. The van der Waals surface area contributed by atoms with Gasteiger partial charge in [0.25, 0.3) is 0 Å². The fraction of sp³-hybridized carbons (Fsp3) is 0.533. The van der Waals surface area contributed by atoms with Gasteiger partial charge < -0.3 is 20.5 Å². The molecule has 0 aliphatic heterocycles. The van der Waals surface area contributed by atoms with Crippen molar-refractivity contribution in [3.8, 4) is 5.75 Å². The van der Waals surface area contributed by atoms with Crippen molar-refractivity contribution in [3.63, 3.8) is 0 Å². The summed E-state index contributed by atoms with van der Waals surface area (Å²) < 4.78 is 5.50. The molecule has 20 heavy (non-hydrogen) atoms. The van der Waals surface area contributed by atoms with Crippen LogP contribution in [0, 0.1) is 5.92 Å². The number of hydrogen-bond acceptors (Lipinski definition) is 3. The number of nitrogens with one attached hydrogen (secondary N) is 2. The van der Waals surface area contributed by atoms with Crippen LogP contribution in [0.25, 0.3) is 0 Å². The van der Waals surface area contributed by atoms with Crippen molar-refractivity contribution in [2.24, 2.45) is 5.92 Å². The third kappa shape index (κ3) is 5.93. The lowest BCUT2D eigenvalue weighted by Crippen LogP contribution is -2.37. The molecule has 1 rings (SSSR count). The zero-order valence-corrected chi connectivity index (χ0v) is 12.2. The van der Waals surface area contributed by atoms with Crippen LogP contribution < -0.4 is 15.4 Å². The molecular formula is C15H24N2O3. The second-order valence-corrected chi connectivity index (χ2v) is 4.72. The maximum atomic E-state index is 11.7. The molecule has 0 radical (unpaired) electrons. The first kappa shape index (κ1) is 16.3. The van der Waals surface area contributed by atoms with Gasteiger partial charge in [0.15, 0.2) is 0 Å². The number of aliphatic hydroxyl groups is 1. The fourth-order valence-corrected chi connectivity index (χ4v) is 1.77. The van der Waals surface area contributed by atoms with E-state index in [0.29, 0.717) is 26.1 Å². The Balaban J connectivity index is 2.37. The van der Waals surface area contributed by atoms with Crippen molar-refractivity contribution in [1.29, 1.82) is 0 Å². The summed E-state index contributed by atoms with van der Waals surface area (Å²) in [4.78, 5) is 11.7. The van der Waals surface area contributed by atoms with E-state index < -0.39 is 0 Å². The summed E-state index contributed by atoms with van der Waals surface area (Å²) in [5, 5.41) is 14.4. The standard InChI is InChI=1S/C15H24N2O3/c1-3-20-14-7-5-4-6-13(14)11-17-15(19)16-10-12(2)8-9-18/h4-7,12,18H,3,8-11H2,1-2H3,(H2,16,17,19). The van der Waals surface area contributed by atoms with Crippen LogP contribution in [0.5, 0.6) is 5.75 Å². The molecule has 5 nitrogen and oxygen atoms in total. The summed E-state index contributed by atoms with van der Waals surface area (Å²) in [6.07, 6.45) is 0.688. The van der Waals surface area contributed by atoms with E-state index in [1.54, 1.807) is 0 Å². The van der Waals surface area contributed by atoms with Crippen molar-refractivity contribution >= 4 is 6.03 Å². The first-order valence-corrected chi connectivity index (χ1v) is 7.00. The van der Waals surface area contributed by atoms with Crippen molar-refractivity contribution in [2.75, 3.05) is 19.8 Å². The SMILES string of the molecule is CCOc1ccccc1CNC(=O)NCC(C)CCO. The summed E-state index contributed by atoms with van der Waals surface area (Å²) in [7, 11) is 0. The van der Waals surface area contributed by atoms with Crippen LogP contribution in [0.15, 0.2) is 24.3 Å². The zero-order valence-electron chi connectivity index (χ0n) is 12.2. The molecule has 112 valence electrons. The Morgan fingerprint density at radius 3 is 2.80 bits per heavy atom. The lowest BCUT2D eigenvalue weighted by atomic mass is 10.1. The predicted octanol–water partition coefficient (Wildman–Crippen LogP) is 1.90. The van der Waals surface area contributed by atoms with Gasteiger partial charge in [0.2, 0.25) is 0 Å². The van der Waals surface area contributed by atoms with E-state index in [1.807, 2.05) is 38.1 Å². The first-order valence-electron chi connectivity index (χ1n) is 7.00. The molecule has 1 unspecified atom stereocenters. The molecule has 0 aliphatic carbocycles. The molecular weight excluding hydrogens is 256 g/mol. The minimum atomic E-state index is -0.207. The van der Waals surface area contributed by atoms with Gasteiger partial charge in [0, 0.05) is 25.3 Å². The Bertz CT molecular complexity index is 410. The molecule has 1 atom stereocenters. The summed E-state index contributed by atoms with van der Waals surface area (Å²) in [6.45, 7) is 5.64. The molecule has 3 N–H and O–H groups in total. The maximum Gasteiger partial charge on any atom is 0.315 e. The van der Waals surface area contributed by atoms with E-state index in [0.717, 1.165) is 11.3 Å². The number of urea groups is 1. The second kappa shape index (κ2) is 9.20. The molecule has 0 saturated carbocycles. The number of aliphatic hydroxyl groups excluding tert-OH is 1. The molecule has 0 saturated heterocycles. The van der Waals surface area contributed by atoms with E-state index >= 15 is 0 Å². The third-order valence-electron chi connectivity index (χ3n) is 2.94. The van der Waals surface area contributed by atoms with Crippen molar-refractivity contribution < 1.29 is 14.6 Å². The molecule has 1 aromatic rings. The van der Waals surface area contributed by atoms with Gasteiger partial charge in [-0.05, 0) is 25.3 Å². The predicted molar refractivity (Wildman–Crippen MR) is 78.7 cm³/mol. The highest BCUT2D eigenvalue weighted by molar-refractivity contribution is 5.73. The smallest absolute Gasteiger partial charge is 0.315 e. The monoisotopic (exact) mass is 280 g/mol. The van der Waals surface area contributed by atoms with Gasteiger partial charge in [-0.1, -0.05) is 25.1 Å². The quantitative estimate of drug-likeness (QED) is 0.681. The number of rotatable bonds is 8. The van der Waals surface area contributed by atoms with Crippen LogP contribution >= 0.6 is 0 Å². The van der Waals surface area contributed by atoms with Crippen LogP contribution in [0.1, 0.15) is 25.8 Å². The minimum Gasteiger partial charge on any atom is -0.494 e. The molecule has 0 bridgehead atoms. The van der Waals surface area contributed by atoms with Gasteiger partial charge in [-0.15, -0.1) is 0 Å². The van der Waals surface area contributed by atoms with Gasteiger partial charge in [-0.2, -0.15) is 0 Å². The van der Waals surface area contributed by atoms with Crippen LogP contribution in [0.3, 0.4) is 0 Å². The van der Waals surface area contributed by atoms with Crippen molar-refractivity contribution in [3.05, 3.63) is 29.8 Å². The van der Waals surface area contributed by atoms with E-state index in [9.17, 15) is 4.79 Å². The summed E-state index contributed by atoms with van der Waals surface area (Å²) in [5.41, 5.74) is 0.952. The molecule has 1 aromatic carbocycles. The molecule has 0 heterocycles. The fourth-order valence-electron chi connectivity index (χ4n) is 1.77. The largest absolute Gasteiger partial charge is 0.494 e. The Morgan fingerprint density at radius 2 is 2.10 bits per heavy atom. The highest BCUT2D eigenvalue weighted by Crippen LogP contribution is 2.17. The summed E-state index contributed by atoms with van der Waals surface area (Å²) in [5.74, 6) is 1.06. The van der Waals surface area contributed by atoms with E-state index in [2.05, 4.69) is 10.6 Å². The number of ether oxygens (including phenoxy) is 1. The number of hydrogen-bond donors (Lipinski definition) is 3. The average molecular weight is 280 g/mol. The van der Waals surface area contributed by atoms with E-state index in [4.69, 9.17) is 9.84 Å². The van der Waals surface area contributed by atoms with Crippen LogP contribution in [0.2, 0.25) is 0 Å². The van der Waals surface area contributed by atoms with E-state index in [1.165, 1.54) is 0 Å². The average Bonchev–Trinajstić information content (AvgIpc) is 2.45. The lowest BCUT2D eigenvalue weighted by molar-refractivity contribution is 0.233. The molecule has 0 spiro atoms. The molecule has 0 aromatic heterocycles. The Hall–Kier alpha value is -1.75. The number of carbonyl (C=O) groups is 1. The minimum absolute atomic E-state index is 0.145. The van der Waals surface area contributed by atoms with Gasteiger partial charge in [0.05, 0.1) is 6.61 Å². The van der Waals surface area contributed by atoms with Crippen LogP contribution in [0.4, 0.5) is 4.79 Å². The number of amides is 2. The highest BCUT2D eigenvalue weighted by Gasteiger charge is 2.06. The van der Waals surface area contributed by atoms with Crippen molar-refractivity contribution in [1.82, 2.24) is 10.6 Å². The van der Waals surface area contributed by atoms with E-state index in [-0.39, 0.29) is 18.6 Å². The topological polar surface area (TPSA) is 70.6 Å². The van der Waals surface area contributed by atoms with Gasteiger partial charge >= 0.3 is 6.03 Å². The Morgan fingerprint density at radius 1 is 1.35 bits per heavy atom. The lowest BCUT2D eigenvalue weighted by Gasteiger charge is -2.13. The van der Waals surface area contributed by atoms with Crippen LogP contribution in [-0.2, 0) is 6.54 Å². The Kier molecular flexibility index (Phi) is 7.50. The highest BCUT2D eigenvalue weighted by atomic mass is 16.5. The van der Waals surface area contributed by atoms with Gasteiger partial charge in [-0.3, -0.25) is 0 Å². The van der Waals surface area contributed by atoms with Gasteiger partial charge in [0.1, 0.15) is 5.75 Å². The number of benzene rings is 1. The zero-order chi connectivity index (χ0) is 14.8. The summed E-state index contributed by atoms with van der Waals surface area (Å²) >= 11 is 0. The van der Waals surface area contributed by atoms with Gasteiger partial charge in [-0.25, -0.2) is 4.79 Å². The molecule has 0 fully saturated rings. The first-order chi connectivity index (χ1) is 9.67. The van der Waals surface area contributed by atoms with Crippen LogP contribution in [-0.4, -0.2) is 30.9 Å². The summed E-state index contributed by atoms with van der Waals surface area (Å²) in [6, 6.07) is 7.44. The molecule has 2 amide bonds. The Labute approximate surface area is 120 Å². The normalized spacial score (nSPS) is 11.8.